The first-order chi connectivity index (χ1) is 6.19. The summed E-state index contributed by atoms with van der Waals surface area (Å²) in [4.78, 5) is 11.4. The number of pyridine rings is 1. The van der Waals surface area contributed by atoms with Gasteiger partial charge in [-0.3, -0.25) is 4.79 Å². The highest BCUT2D eigenvalue weighted by Crippen LogP contribution is 2.07. The van der Waals surface area contributed by atoms with Crippen molar-refractivity contribution in [2.75, 3.05) is 12.3 Å². The normalized spacial score (nSPS) is 12.8. The third-order valence-electron chi connectivity index (χ3n) is 2.10. The van der Waals surface area contributed by atoms with Gasteiger partial charge in [0.05, 0.1) is 0 Å². The predicted molar refractivity (Wildman–Crippen MR) is 53.5 cm³/mol. The first kappa shape index (κ1) is 9.80. The Balaban J connectivity index is 3.11. The number of nitrogen functional groups attached to an aromatic ring is 1. The minimum absolute atomic E-state index is 0.0495. The van der Waals surface area contributed by atoms with Gasteiger partial charge in [-0.1, -0.05) is 6.92 Å². The van der Waals surface area contributed by atoms with Crippen molar-refractivity contribution in [3.63, 3.8) is 0 Å². The van der Waals surface area contributed by atoms with Crippen LogP contribution in [0.15, 0.2) is 23.1 Å². The molecule has 1 atom stereocenters. The second-order valence-electron chi connectivity index (χ2n) is 3.01. The summed E-state index contributed by atoms with van der Waals surface area (Å²) in [5.41, 5.74) is 11.6. The lowest BCUT2D eigenvalue weighted by atomic mass is 10.2. The first-order valence-electron chi connectivity index (χ1n) is 4.36. The van der Waals surface area contributed by atoms with E-state index in [9.17, 15) is 4.79 Å². The first-order valence-corrected chi connectivity index (χ1v) is 4.36. The van der Waals surface area contributed by atoms with Gasteiger partial charge in [-0.15, -0.1) is 0 Å². The van der Waals surface area contributed by atoms with Gasteiger partial charge in [-0.05, 0) is 12.5 Å². The van der Waals surface area contributed by atoms with Crippen molar-refractivity contribution in [1.82, 2.24) is 4.57 Å². The SMILES string of the molecule is CCC(CN)n1cc(N)ccc1=O. The maximum absolute atomic E-state index is 11.4. The molecule has 0 aliphatic heterocycles. The molecular weight excluding hydrogens is 166 g/mol. The number of nitrogens with two attached hydrogens (primary N) is 2. The molecule has 0 fully saturated rings. The molecular formula is C9H15N3O. The van der Waals surface area contributed by atoms with Crippen molar-refractivity contribution in [3.8, 4) is 0 Å². The summed E-state index contributed by atoms with van der Waals surface area (Å²) in [6.45, 7) is 2.45. The summed E-state index contributed by atoms with van der Waals surface area (Å²) in [6.07, 6.45) is 2.48. The summed E-state index contributed by atoms with van der Waals surface area (Å²) in [7, 11) is 0. The lowest BCUT2D eigenvalue weighted by Crippen LogP contribution is -2.28. The van der Waals surface area contributed by atoms with Crippen molar-refractivity contribution < 1.29 is 0 Å². The summed E-state index contributed by atoms with van der Waals surface area (Å²) in [6, 6.07) is 3.12. The Hall–Kier alpha value is -1.29. The van der Waals surface area contributed by atoms with Gasteiger partial charge in [0.1, 0.15) is 0 Å². The van der Waals surface area contributed by atoms with E-state index in [4.69, 9.17) is 11.5 Å². The van der Waals surface area contributed by atoms with E-state index in [0.29, 0.717) is 12.2 Å². The molecule has 1 rings (SSSR count). The molecule has 4 heteroatoms. The Morgan fingerprint density at radius 2 is 2.23 bits per heavy atom. The van der Waals surface area contributed by atoms with Gasteiger partial charge in [0.2, 0.25) is 0 Å². The smallest absolute Gasteiger partial charge is 0.250 e. The third kappa shape index (κ3) is 2.09. The van der Waals surface area contributed by atoms with Crippen LogP contribution in [-0.4, -0.2) is 11.1 Å². The minimum atomic E-state index is -0.0495. The van der Waals surface area contributed by atoms with Crippen LogP contribution in [0.2, 0.25) is 0 Å². The standard InChI is InChI=1S/C9H15N3O/c1-2-8(5-10)12-6-7(11)3-4-9(12)13/h3-4,6,8H,2,5,10-11H2,1H3. The summed E-state index contributed by atoms with van der Waals surface area (Å²) in [5, 5.41) is 0. The topological polar surface area (TPSA) is 74.0 Å². The fourth-order valence-electron chi connectivity index (χ4n) is 1.28. The minimum Gasteiger partial charge on any atom is -0.398 e. The van der Waals surface area contributed by atoms with Crippen LogP contribution in [0, 0.1) is 0 Å². The number of hydrogen-bond acceptors (Lipinski definition) is 3. The second-order valence-corrected chi connectivity index (χ2v) is 3.01. The van der Waals surface area contributed by atoms with E-state index in [-0.39, 0.29) is 11.6 Å². The molecule has 13 heavy (non-hydrogen) atoms. The van der Waals surface area contributed by atoms with Crippen LogP contribution in [0.4, 0.5) is 5.69 Å². The molecule has 0 aliphatic rings. The Morgan fingerprint density at radius 3 is 2.77 bits per heavy atom. The van der Waals surface area contributed by atoms with Crippen molar-refractivity contribution in [2.24, 2.45) is 5.73 Å². The summed E-state index contributed by atoms with van der Waals surface area (Å²) < 4.78 is 1.59. The second kappa shape index (κ2) is 4.09. The van der Waals surface area contributed by atoms with Crippen LogP contribution in [0.1, 0.15) is 19.4 Å². The average Bonchev–Trinajstić information content (AvgIpc) is 2.13. The molecule has 0 bridgehead atoms. The quantitative estimate of drug-likeness (QED) is 0.706. The molecule has 0 radical (unpaired) electrons. The van der Waals surface area contributed by atoms with E-state index < -0.39 is 0 Å². The molecule has 0 amide bonds. The van der Waals surface area contributed by atoms with Gasteiger partial charge < -0.3 is 16.0 Å². The van der Waals surface area contributed by atoms with Gasteiger partial charge in [-0.25, -0.2) is 0 Å². The van der Waals surface area contributed by atoms with Crippen LogP contribution in [0.25, 0.3) is 0 Å². The van der Waals surface area contributed by atoms with E-state index in [1.807, 2.05) is 6.92 Å². The van der Waals surface area contributed by atoms with Crippen LogP contribution in [-0.2, 0) is 0 Å². The average molecular weight is 181 g/mol. The van der Waals surface area contributed by atoms with Gasteiger partial charge in [0.15, 0.2) is 0 Å². The highest BCUT2D eigenvalue weighted by molar-refractivity contribution is 5.33. The van der Waals surface area contributed by atoms with E-state index in [1.165, 1.54) is 6.07 Å². The van der Waals surface area contributed by atoms with Crippen LogP contribution >= 0.6 is 0 Å². The maximum Gasteiger partial charge on any atom is 0.250 e. The van der Waals surface area contributed by atoms with Gasteiger partial charge in [0, 0.05) is 30.5 Å². The largest absolute Gasteiger partial charge is 0.398 e. The molecule has 4 nitrogen and oxygen atoms in total. The van der Waals surface area contributed by atoms with E-state index in [0.717, 1.165) is 6.42 Å². The van der Waals surface area contributed by atoms with Gasteiger partial charge in [-0.2, -0.15) is 0 Å². The number of rotatable bonds is 3. The van der Waals surface area contributed by atoms with Gasteiger partial charge >= 0.3 is 0 Å². The number of aromatic nitrogens is 1. The van der Waals surface area contributed by atoms with Crippen LogP contribution in [0.5, 0.6) is 0 Å². The Labute approximate surface area is 77.2 Å². The predicted octanol–water partition coefficient (Wildman–Crippen LogP) is 0.340. The Bertz CT molecular complexity index is 328. The molecule has 0 spiro atoms. The molecule has 4 N–H and O–H groups in total. The molecule has 1 unspecified atom stereocenters. The van der Waals surface area contributed by atoms with Crippen molar-refractivity contribution in [2.45, 2.75) is 19.4 Å². The Morgan fingerprint density at radius 1 is 1.54 bits per heavy atom. The summed E-state index contributed by atoms with van der Waals surface area (Å²) in [5.74, 6) is 0. The summed E-state index contributed by atoms with van der Waals surface area (Å²) >= 11 is 0. The molecule has 0 aromatic carbocycles. The van der Waals surface area contributed by atoms with Crippen LogP contribution < -0.4 is 17.0 Å². The fraction of sp³-hybridized carbons (Fsp3) is 0.444. The Kier molecular flexibility index (Phi) is 3.08. The molecule has 72 valence electrons. The fourth-order valence-corrected chi connectivity index (χ4v) is 1.28. The van der Waals surface area contributed by atoms with Crippen molar-refractivity contribution >= 4 is 5.69 Å². The lowest BCUT2D eigenvalue weighted by Gasteiger charge is -2.15. The highest BCUT2D eigenvalue weighted by Gasteiger charge is 2.07. The molecule has 1 aromatic rings. The molecule has 0 saturated heterocycles. The van der Waals surface area contributed by atoms with E-state index in [1.54, 1.807) is 16.8 Å². The number of hydrogen-bond donors (Lipinski definition) is 2. The lowest BCUT2D eigenvalue weighted by molar-refractivity contribution is 0.483. The molecule has 0 saturated carbocycles. The highest BCUT2D eigenvalue weighted by atomic mass is 16.1. The number of nitrogens with zero attached hydrogens (tertiary/aromatic N) is 1. The van der Waals surface area contributed by atoms with E-state index in [2.05, 4.69) is 0 Å². The maximum atomic E-state index is 11.4. The molecule has 1 aromatic heterocycles. The van der Waals surface area contributed by atoms with Gasteiger partial charge in [0.25, 0.3) is 5.56 Å². The zero-order valence-corrected chi connectivity index (χ0v) is 7.73. The molecule has 1 heterocycles. The zero-order valence-electron chi connectivity index (χ0n) is 7.73. The van der Waals surface area contributed by atoms with E-state index >= 15 is 0 Å². The monoisotopic (exact) mass is 181 g/mol. The number of anilines is 1. The van der Waals surface area contributed by atoms with Crippen molar-refractivity contribution in [1.29, 1.82) is 0 Å². The van der Waals surface area contributed by atoms with Crippen molar-refractivity contribution in [3.05, 3.63) is 28.7 Å². The third-order valence-corrected chi connectivity index (χ3v) is 2.10. The zero-order chi connectivity index (χ0) is 9.84. The van der Waals surface area contributed by atoms with Crippen LogP contribution in [0.3, 0.4) is 0 Å². The molecule has 0 aliphatic carbocycles.